The lowest BCUT2D eigenvalue weighted by molar-refractivity contribution is -0.274. The second kappa shape index (κ2) is 6.20. The monoisotopic (exact) mass is 363 g/mol. The lowest BCUT2D eigenvalue weighted by atomic mass is 9.83. The van der Waals surface area contributed by atoms with Gasteiger partial charge in [-0.05, 0) is 31.5 Å². The van der Waals surface area contributed by atoms with Crippen molar-refractivity contribution < 1.29 is 37.0 Å². The molecule has 1 aliphatic rings. The van der Waals surface area contributed by atoms with Crippen molar-refractivity contribution in [2.45, 2.75) is 37.7 Å². The van der Waals surface area contributed by atoms with Gasteiger partial charge >= 0.3 is 12.3 Å². The average Bonchev–Trinajstić information content (AvgIpc) is 2.89. The van der Waals surface area contributed by atoms with Crippen molar-refractivity contribution in [2.24, 2.45) is 0 Å². The Kier molecular flexibility index (Phi) is 4.71. The van der Waals surface area contributed by atoms with Gasteiger partial charge in [-0.2, -0.15) is 0 Å². The number of carboxylic acid groups (broad SMARTS) is 1. The third kappa shape index (κ3) is 4.02. The van der Waals surface area contributed by atoms with Crippen molar-refractivity contribution in [1.82, 2.24) is 4.90 Å². The van der Waals surface area contributed by atoms with Gasteiger partial charge in [-0.15, -0.1) is 13.2 Å². The largest absolute Gasteiger partial charge is 0.573 e. The molecule has 1 heterocycles. The van der Waals surface area contributed by atoms with Gasteiger partial charge in [0, 0.05) is 13.0 Å². The zero-order valence-corrected chi connectivity index (χ0v) is 13.6. The molecule has 9 heteroatoms. The summed E-state index contributed by atoms with van der Waals surface area (Å²) >= 11 is 0. The van der Waals surface area contributed by atoms with E-state index in [1.54, 1.807) is 0 Å². The normalized spacial score (nSPS) is 21.3. The van der Waals surface area contributed by atoms with E-state index in [4.69, 9.17) is 5.11 Å². The van der Waals surface area contributed by atoms with Gasteiger partial charge in [-0.25, -0.2) is 9.18 Å². The number of likely N-dealkylation sites (tertiary alicyclic amines) is 1. The second-order valence-electron chi connectivity index (χ2n) is 6.44. The van der Waals surface area contributed by atoms with Crippen LogP contribution in [0.3, 0.4) is 0 Å². The van der Waals surface area contributed by atoms with Crippen molar-refractivity contribution in [3.63, 3.8) is 0 Å². The number of carboxylic acids is 1. The Balaban J connectivity index is 2.15. The van der Waals surface area contributed by atoms with Crippen LogP contribution in [0.1, 0.15) is 25.8 Å². The molecule has 25 heavy (non-hydrogen) atoms. The van der Waals surface area contributed by atoms with Gasteiger partial charge in [0.1, 0.15) is 5.75 Å². The SMILES string of the molecule is CC(C)(C(=O)N1CCC(F)(C(=O)O)C1)c1ccc(OC(F)(F)F)cc1. The van der Waals surface area contributed by atoms with E-state index in [0.717, 1.165) is 17.0 Å². The first-order chi connectivity index (χ1) is 11.3. The number of nitrogens with zero attached hydrogens (tertiary/aromatic N) is 1. The lowest BCUT2D eigenvalue weighted by Gasteiger charge is -2.30. The van der Waals surface area contributed by atoms with E-state index in [0.29, 0.717) is 5.56 Å². The molecule has 1 fully saturated rings. The molecule has 0 aliphatic carbocycles. The molecule has 1 aromatic rings. The number of alkyl halides is 4. The lowest BCUT2D eigenvalue weighted by Crippen LogP contribution is -2.45. The fourth-order valence-electron chi connectivity index (χ4n) is 2.71. The Morgan fingerprint density at radius 3 is 2.20 bits per heavy atom. The van der Waals surface area contributed by atoms with Crippen molar-refractivity contribution in [3.05, 3.63) is 29.8 Å². The van der Waals surface area contributed by atoms with Gasteiger partial charge in [0.05, 0.1) is 12.0 Å². The highest BCUT2D eigenvalue weighted by atomic mass is 19.4. The minimum Gasteiger partial charge on any atom is -0.479 e. The minimum atomic E-state index is -4.82. The molecule has 1 amide bonds. The van der Waals surface area contributed by atoms with Crippen LogP contribution in [0.15, 0.2) is 24.3 Å². The van der Waals surface area contributed by atoms with Crippen LogP contribution in [-0.2, 0) is 15.0 Å². The number of rotatable bonds is 4. The average molecular weight is 363 g/mol. The summed E-state index contributed by atoms with van der Waals surface area (Å²) in [5.74, 6) is -2.54. The highest BCUT2D eigenvalue weighted by Crippen LogP contribution is 2.33. The molecule has 5 nitrogen and oxygen atoms in total. The summed E-state index contributed by atoms with van der Waals surface area (Å²) in [6, 6.07) is 4.79. The molecule has 0 spiro atoms. The first-order valence-electron chi connectivity index (χ1n) is 7.43. The van der Waals surface area contributed by atoms with Crippen LogP contribution in [0.4, 0.5) is 17.6 Å². The fourth-order valence-corrected chi connectivity index (χ4v) is 2.71. The van der Waals surface area contributed by atoms with Gasteiger partial charge in [0.25, 0.3) is 0 Å². The first-order valence-corrected chi connectivity index (χ1v) is 7.43. The Hall–Kier alpha value is -2.32. The van der Waals surface area contributed by atoms with E-state index < -0.39 is 41.6 Å². The molecular weight excluding hydrogens is 346 g/mol. The fraction of sp³-hybridized carbons (Fsp3) is 0.500. The Labute approximate surface area is 141 Å². The van der Waals surface area contributed by atoms with E-state index in [1.807, 2.05) is 0 Å². The van der Waals surface area contributed by atoms with Gasteiger partial charge < -0.3 is 14.7 Å². The van der Waals surface area contributed by atoms with E-state index in [9.17, 15) is 27.2 Å². The summed E-state index contributed by atoms with van der Waals surface area (Å²) in [4.78, 5) is 24.7. The summed E-state index contributed by atoms with van der Waals surface area (Å²) in [5.41, 5.74) is -3.24. The molecule has 2 rings (SSSR count). The van der Waals surface area contributed by atoms with Crippen LogP contribution in [0.5, 0.6) is 5.75 Å². The predicted molar refractivity (Wildman–Crippen MR) is 78.8 cm³/mol. The molecule has 1 aliphatic heterocycles. The molecule has 1 aromatic carbocycles. The molecule has 0 radical (unpaired) electrons. The number of halogens is 4. The second-order valence-corrected chi connectivity index (χ2v) is 6.44. The zero-order chi connectivity index (χ0) is 19.0. The highest BCUT2D eigenvalue weighted by Gasteiger charge is 2.49. The number of carbonyl (C=O) groups excluding carboxylic acids is 1. The number of carbonyl (C=O) groups is 2. The summed E-state index contributed by atoms with van der Waals surface area (Å²) in [6.07, 6.45) is -5.12. The van der Waals surface area contributed by atoms with Gasteiger partial charge in [-0.1, -0.05) is 12.1 Å². The first kappa shape index (κ1) is 19.0. The smallest absolute Gasteiger partial charge is 0.479 e. The molecule has 1 unspecified atom stereocenters. The number of hydrogen-bond donors (Lipinski definition) is 1. The van der Waals surface area contributed by atoms with E-state index in [-0.39, 0.29) is 13.0 Å². The van der Waals surface area contributed by atoms with Crippen molar-refractivity contribution in [2.75, 3.05) is 13.1 Å². The number of hydrogen-bond acceptors (Lipinski definition) is 3. The maximum Gasteiger partial charge on any atom is 0.573 e. The topological polar surface area (TPSA) is 66.8 Å². The maximum atomic E-state index is 14.1. The standard InChI is InChI=1S/C16H17F4NO4/c1-14(2,10-3-5-11(6-4-10)25-16(18,19)20)12(22)21-8-7-15(17,9-21)13(23)24/h3-6H,7-9H2,1-2H3,(H,23,24). The van der Waals surface area contributed by atoms with Gasteiger partial charge in [0.2, 0.25) is 11.6 Å². The van der Waals surface area contributed by atoms with Crippen molar-refractivity contribution in [3.8, 4) is 5.75 Å². The third-order valence-corrected chi connectivity index (χ3v) is 4.23. The molecule has 1 saturated heterocycles. The van der Waals surface area contributed by atoms with Crippen LogP contribution in [0.25, 0.3) is 0 Å². The number of ether oxygens (including phenoxy) is 1. The summed E-state index contributed by atoms with van der Waals surface area (Å²) in [7, 11) is 0. The molecule has 0 bridgehead atoms. The zero-order valence-electron chi connectivity index (χ0n) is 13.6. The number of benzene rings is 1. The Morgan fingerprint density at radius 2 is 1.76 bits per heavy atom. The van der Waals surface area contributed by atoms with Crippen molar-refractivity contribution in [1.29, 1.82) is 0 Å². The maximum absolute atomic E-state index is 14.1. The highest BCUT2D eigenvalue weighted by molar-refractivity contribution is 5.89. The quantitative estimate of drug-likeness (QED) is 0.836. The van der Waals surface area contributed by atoms with Crippen LogP contribution in [0, 0.1) is 0 Å². The summed E-state index contributed by atoms with van der Waals surface area (Å²) in [5, 5.41) is 8.90. The Bertz CT molecular complexity index is 672. The molecule has 1 atom stereocenters. The third-order valence-electron chi connectivity index (χ3n) is 4.23. The molecule has 138 valence electrons. The summed E-state index contributed by atoms with van der Waals surface area (Å²) < 4.78 is 54.4. The predicted octanol–water partition coefficient (Wildman–Crippen LogP) is 2.89. The minimum absolute atomic E-state index is 0.0413. The van der Waals surface area contributed by atoms with Crippen LogP contribution < -0.4 is 4.74 Å². The number of amides is 1. The Morgan fingerprint density at radius 1 is 1.20 bits per heavy atom. The van der Waals surface area contributed by atoms with Crippen molar-refractivity contribution >= 4 is 11.9 Å². The summed E-state index contributed by atoms with van der Waals surface area (Å²) in [6.45, 7) is 2.47. The van der Waals surface area contributed by atoms with E-state index >= 15 is 0 Å². The van der Waals surface area contributed by atoms with E-state index in [1.165, 1.54) is 26.0 Å². The number of aliphatic carboxylic acids is 1. The molecule has 0 saturated carbocycles. The van der Waals surface area contributed by atoms with Crippen LogP contribution in [0.2, 0.25) is 0 Å². The molecule has 1 N–H and O–H groups in total. The molecular formula is C16H17F4NO4. The van der Waals surface area contributed by atoms with Gasteiger partial charge in [0.15, 0.2) is 0 Å². The van der Waals surface area contributed by atoms with E-state index in [2.05, 4.69) is 4.74 Å². The van der Waals surface area contributed by atoms with Crippen LogP contribution >= 0.6 is 0 Å². The van der Waals surface area contributed by atoms with Crippen LogP contribution in [-0.4, -0.2) is 47.0 Å². The van der Waals surface area contributed by atoms with Gasteiger partial charge in [-0.3, -0.25) is 4.79 Å². The molecule has 0 aromatic heterocycles.